The summed E-state index contributed by atoms with van der Waals surface area (Å²) in [7, 11) is 0. The van der Waals surface area contributed by atoms with Gasteiger partial charge in [-0.15, -0.1) is 0 Å². The molecule has 0 radical (unpaired) electrons. The van der Waals surface area contributed by atoms with E-state index in [2.05, 4.69) is 20.8 Å². The Kier molecular flexibility index (Phi) is 4.46. The first-order chi connectivity index (χ1) is 5.39. The highest BCUT2D eigenvalue weighted by atomic mass is 16.3. The van der Waals surface area contributed by atoms with Crippen LogP contribution < -0.4 is 0 Å². The van der Waals surface area contributed by atoms with Crippen LogP contribution in [0, 0.1) is 11.3 Å². The minimum Gasteiger partial charge on any atom is -0.396 e. The number of aliphatic hydroxyl groups is 1. The van der Waals surface area contributed by atoms with E-state index in [0.717, 1.165) is 0 Å². The van der Waals surface area contributed by atoms with Crippen LogP contribution in [0.2, 0.25) is 0 Å². The van der Waals surface area contributed by atoms with E-state index in [-0.39, 0.29) is 23.7 Å². The van der Waals surface area contributed by atoms with Gasteiger partial charge in [0.2, 0.25) is 0 Å². The number of carbonyl (C=O) groups is 1. The van der Waals surface area contributed by atoms with E-state index < -0.39 is 0 Å². The predicted octanol–water partition coefficient (Wildman–Crippen LogP) is 2.01. The summed E-state index contributed by atoms with van der Waals surface area (Å²) in [6.45, 7) is 8.26. The minimum absolute atomic E-state index is 0.0482. The lowest BCUT2D eigenvalue weighted by atomic mass is 9.78. The topological polar surface area (TPSA) is 37.3 Å². The van der Waals surface area contributed by atoms with Crippen LogP contribution in [0.15, 0.2) is 0 Å². The van der Waals surface area contributed by atoms with Crippen molar-refractivity contribution in [2.75, 3.05) is 6.61 Å². The number of aliphatic hydroxyl groups excluding tert-OH is 1. The Labute approximate surface area is 75.0 Å². The molecule has 0 heterocycles. The van der Waals surface area contributed by atoms with Crippen LogP contribution in [0.1, 0.15) is 40.5 Å². The molecule has 0 rings (SSSR count). The Morgan fingerprint density at radius 3 is 2.25 bits per heavy atom. The summed E-state index contributed by atoms with van der Waals surface area (Å²) in [6.07, 6.45) is 1.11. The van der Waals surface area contributed by atoms with Gasteiger partial charge < -0.3 is 5.11 Å². The SMILES string of the molecule is C[C@H](C(=O)CCCO)C(C)(C)C. The molecule has 0 unspecified atom stereocenters. The van der Waals surface area contributed by atoms with Gasteiger partial charge in [-0.3, -0.25) is 4.79 Å². The number of hydrogen-bond donors (Lipinski definition) is 1. The molecule has 0 aliphatic heterocycles. The molecule has 1 atom stereocenters. The van der Waals surface area contributed by atoms with Crippen molar-refractivity contribution < 1.29 is 9.90 Å². The first kappa shape index (κ1) is 11.6. The number of ketones is 1. The van der Waals surface area contributed by atoms with Crippen LogP contribution in [-0.4, -0.2) is 17.5 Å². The van der Waals surface area contributed by atoms with E-state index in [9.17, 15) is 4.79 Å². The van der Waals surface area contributed by atoms with Crippen LogP contribution >= 0.6 is 0 Å². The Morgan fingerprint density at radius 2 is 1.92 bits per heavy atom. The summed E-state index contributed by atoms with van der Waals surface area (Å²) >= 11 is 0. The van der Waals surface area contributed by atoms with Gasteiger partial charge in [-0.25, -0.2) is 0 Å². The number of Topliss-reactive ketones (excluding diaryl/α,β-unsaturated/α-hetero) is 1. The third-order valence-electron chi connectivity index (χ3n) is 2.36. The van der Waals surface area contributed by atoms with Gasteiger partial charge in [-0.1, -0.05) is 27.7 Å². The molecule has 0 saturated heterocycles. The zero-order valence-electron chi connectivity index (χ0n) is 8.55. The van der Waals surface area contributed by atoms with E-state index in [4.69, 9.17) is 5.11 Å². The molecular weight excluding hydrogens is 152 g/mol. The lowest BCUT2D eigenvalue weighted by Crippen LogP contribution is -2.25. The van der Waals surface area contributed by atoms with Crippen LogP contribution in [0.25, 0.3) is 0 Å². The fraction of sp³-hybridized carbons (Fsp3) is 0.900. The molecule has 0 aliphatic carbocycles. The van der Waals surface area contributed by atoms with Gasteiger partial charge in [0.1, 0.15) is 5.78 Å². The summed E-state index contributed by atoms with van der Waals surface area (Å²) in [5.74, 6) is 0.348. The maximum absolute atomic E-state index is 11.4. The molecule has 2 nitrogen and oxygen atoms in total. The van der Waals surface area contributed by atoms with Gasteiger partial charge in [0.05, 0.1) is 0 Å². The molecule has 0 amide bonds. The van der Waals surface area contributed by atoms with Gasteiger partial charge >= 0.3 is 0 Å². The zero-order chi connectivity index (χ0) is 9.78. The normalized spacial score (nSPS) is 14.4. The zero-order valence-corrected chi connectivity index (χ0v) is 8.55. The van der Waals surface area contributed by atoms with Crippen molar-refractivity contribution in [3.63, 3.8) is 0 Å². The fourth-order valence-corrected chi connectivity index (χ4v) is 0.953. The van der Waals surface area contributed by atoms with E-state index in [1.54, 1.807) is 0 Å². The summed E-state index contributed by atoms with van der Waals surface area (Å²) in [4.78, 5) is 11.4. The monoisotopic (exact) mass is 172 g/mol. The fourth-order valence-electron chi connectivity index (χ4n) is 0.953. The lowest BCUT2D eigenvalue weighted by molar-refractivity contribution is -0.125. The Balaban J connectivity index is 3.94. The molecule has 0 fully saturated rings. The second-order valence-corrected chi connectivity index (χ2v) is 4.38. The molecule has 2 heteroatoms. The van der Waals surface area contributed by atoms with Crippen LogP contribution in [0.5, 0.6) is 0 Å². The van der Waals surface area contributed by atoms with E-state index in [1.165, 1.54) is 0 Å². The number of rotatable bonds is 4. The second-order valence-electron chi connectivity index (χ2n) is 4.38. The van der Waals surface area contributed by atoms with Crippen molar-refractivity contribution in [3.8, 4) is 0 Å². The Hall–Kier alpha value is -0.370. The van der Waals surface area contributed by atoms with Gasteiger partial charge in [0.15, 0.2) is 0 Å². The van der Waals surface area contributed by atoms with E-state index in [1.807, 2.05) is 6.92 Å². The molecule has 0 aromatic heterocycles. The highest BCUT2D eigenvalue weighted by Gasteiger charge is 2.25. The van der Waals surface area contributed by atoms with Crippen molar-refractivity contribution in [2.45, 2.75) is 40.5 Å². The molecule has 1 N–H and O–H groups in total. The second kappa shape index (κ2) is 4.61. The highest BCUT2D eigenvalue weighted by molar-refractivity contribution is 5.81. The first-order valence-corrected chi connectivity index (χ1v) is 4.53. The van der Waals surface area contributed by atoms with E-state index >= 15 is 0 Å². The molecule has 12 heavy (non-hydrogen) atoms. The lowest BCUT2D eigenvalue weighted by Gasteiger charge is -2.25. The molecule has 0 saturated carbocycles. The standard InChI is InChI=1S/C10H20O2/c1-8(10(2,3)4)9(12)6-5-7-11/h8,11H,5-7H2,1-4H3/t8-/m1/s1. The Bertz CT molecular complexity index is 144. The highest BCUT2D eigenvalue weighted by Crippen LogP contribution is 2.27. The maximum Gasteiger partial charge on any atom is 0.136 e. The third-order valence-corrected chi connectivity index (χ3v) is 2.36. The van der Waals surface area contributed by atoms with Gasteiger partial charge in [-0.05, 0) is 11.8 Å². The molecule has 0 aromatic carbocycles. The van der Waals surface area contributed by atoms with Gasteiger partial charge in [-0.2, -0.15) is 0 Å². The molecule has 0 aliphatic rings. The maximum atomic E-state index is 11.4. The van der Waals surface area contributed by atoms with E-state index in [0.29, 0.717) is 12.8 Å². The van der Waals surface area contributed by atoms with Gasteiger partial charge in [0, 0.05) is 18.9 Å². The average Bonchev–Trinajstić information content (AvgIpc) is 1.97. The number of hydrogen-bond acceptors (Lipinski definition) is 2. The van der Waals surface area contributed by atoms with Crippen molar-refractivity contribution in [2.24, 2.45) is 11.3 Å². The summed E-state index contributed by atoms with van der Waals surface area (Å²) in [5.41, 5.74) is 0.0482. The van der Waals surface area contributed by atoms with Gasteiger partial charge in [0.25, 0.3) is 0 Å². The van der Waals surface area contributed by atoms with Crippen molar-refractivity contribution >= 4 is 5.78 Å². The molecule has 0 spiro atoms. The minimum atomic E-state index is 0.0482. The number of carbonyl (C=O) groups excluding carboxylic acids is 1. The molecule has 0 aromatic rings. The summed E-state index contributed by atoms with van der Waals surface area (Å²) in [5, 5.41) is 8.55. The molecule has 0 bridgehead atoms. The molecular formula is C10H20O2. The van der Waals surface area contributed by atoms with Crippen LogP contribution in [0.4, 0.5) is 0 Å². The van der Waals surface area contributed by atoms with Crippen molar-refractivity contribution in [1.82, 2.24) is 0 Å². The smallest absolute Gasteiger partial charge is 0.136 e. The van der Waals surface area contributed by atoms with Crippen molar-refractivity contribution in [3.05, 3.63) is 0 Å². The molecule has 72 valence electrons. The third kappa shape index (κ3) is 3.86. The van der Waals surface area contributed by atoms with Crippen LogP contribution in [-0.2, 0) is 4.79 Å². The Morgan fingerprint density at radius 1 is 1.42 bits per heavy atom. The largest absolute Gasteiger partial charge is 0.396 e. The summed E-state index contributed by atoms with van der Waals surface area (Å²) < 4.78 is 0. The van der Waals surface area contributed by atoms with Crippen molar-refractivity contribution in [1.29, 1.82) is 0 Å². The summed E-state index contributed by atoms with van der Waals surface area (Å²) in [6, 6.07) is 0. The van der Waals surface area contributed by atoms with Crippen LogP contribution in [0.3, 0.4) is 0 Å². The first-order valence-electron chi connectivity index (χ1n) is 4.53. The average molecular weight is 172 g/mol. The predicted molar refractivity (Wildman–Crippen MR) is 49.9 cm³/mol. The quantitative estimate of drug-likeness (QED) is 0.704.